The molecule has 0 spiro atoms. The molecule has 1 fully saturated rings. The molecule has 0 bridgehead atoms. The second kappa shape index (κ2) is 6.27. The molecular weight excluding hydrogens is 260 g/mol. The predicted octanol–water partition coefficient (Wildman–Crippen LogP) is 2.55. The van der Waals surface area contributed by atoms with Crippen LogP contribution in [0.4, 0.5) is 5.69 Å². The Morgan fingerprint density at radius 2 is 1.85 bits per heavy atom. The summed E-state index contributed by atoms with van der Waals surface area (Å²) in [4.78, 5) is 12.2. The van der Waals surface area contributed by atoms with E-state index in [2.05, 4.69) is 4.90 Å². The summed E-state index contributed by atoms with van der Waals surface area (Å²) >= 11 is 0. The molecule has 0 amide bonds. The molecule has 1 saturated heterocycles. The first-order chi connectivity index (χ1) is 9.65. The van der Waals surface area contributed by atoms with Gasteiger partial charge in [0.25, 0.3) is 0 Å². The van der Waals surface area contributed by atoms with Crippen molar-refractivity contribution in [2.45, 2.75) is 12.8 Å². The van der Waals surface area contributed by atoms with Gasteiger partial charge in [-0.05, 0) is 18.9 Å². The third-order valence-electron chi connectivity index (χ3n) is 3.35. The molecule has 2 rings (SSSR count). The lowest BCUT2D eigenvalue weighted by Crippen LogP contribution is -2.18. The Kier molecular flexibility index (Phi) is 4.45. The van der Waals surface area contributed by atoms with Gasteiger partial charge in [0.2, 0.25) is 6.20 Å². The highest BCUT2D eigenvalue weighted by Gasteiger charge is 2.19. The SMILES string of the molecule is COc1cc(N2CCCC2)c(OC)cc1/C=C\[N+](=O)[O-]. The van der Waals surface area contributed by atoms with Gasteiger partial charge >= 0.3 is 0 Å². The van der Waals surface area contributed by atoms with Crippen molar-refractivity contribution in [2.24, 2.45) is 0 Å². The Labute approximate surface area is 117 Å². The molecule has 0 aromatic heterocycles. The Morgan fingerprint density at radius 1 is 1.20 bits per heavy atom. The van der Waals surface area contributed by atoms with Gasteiger partial charge in [-0.1, -0.05) is 0 Å². The van der Waals surface area contributed by atoms with E-state index in [4.69, 9.17) is 9.47 Å². The third kappa shape index (κ3) is 3.01. The number of rotatable bonds is 5. The molecule has 1 heterocycles. The zero-order valence-electron chi connectivity index (χ0n) is 11.7. The Morgan fingerprint density at radius 3 is 2.40 bits per heavy atom. The monoisotopic (exact) mass is 278 g/mol. The van der Waals surface area contributed by atoms with Crippen molar-refractivity contribution in [1.29, 1.82) is 0 Å². The van der Waals surface area contributed by atoms with Crippen LogP contribution in [-0.2, 0) is 0 Å². The smallest absolute Gasteiger partial charge is 0.235 e. The van der Waals surface area contributed by atoms with Gasteiger partial charge in [0.05, 0.1) is 24.8 Å². The van der Waals surface area contributed by atoms with Crippen LogP contribution in [0, 0.1) is 10.1 Å². The molecule has 0 aliphatic carbocycles. The van der Waals surface area contributed by atoms with Crippen molar-refractivity contribution in [3.05, 3.63) is 34.0 Å². The fraction of sp³-hybridized carbons (Fsp3) is 0.429. The van der Waals surface area contributed by atoms with E-state index in [0.29, 0.717) is 17.1 Å². The molecule has 108 valence electrons. The summed E-state index contributed by atoms with van der Waals surface area (Å²) in [6.07, 6.45) is 4.63. The van der Waals surface area contributed by atoms with Crippen molar-refractivity contribution in [3.63, 3.8) is 0 Å². The number of nitro groups is 1. The van der Waals surface area contributed by atoms with E-state index < -0.39 is 4.92 Å². The number of anilines is 1. The number of methoxy groups -OCH3 is 2. The van der Waals surface area contributed by atoms with Crippen molar-refractivity contribution >= 4 is 11.8 Å². The molecular formula is C14H18N2O4. The third-order valence-corrected chi connectivity index (χ3v) is 3.35. The summed E-state index contributed by atoms with van der Waals surface area (Å²) in [5.41, 5.74) is 1.60. The van der Waals surface area contributed by atoms with E-state index in [-0.39, 0.29) is 0 Å². The van der Waals surface area contributed by atoms with Crippen molar-refractivity contribution < 1.29 is 14.4 Å². The molecule has 0 saturated carbocycles. The maximum Gasteiger partial charge on any atom is 0.235 e. The van der Waals surface area contributed by atoms with Crippen LogP contribution in [-0.4, -0.2) is 32.2 Å². The largest absolute Gasteiger partial charge is 0.496 e. The molecule has 0 atom stereocenters. The van der Waals surface area contributed by atoms with Gasteiger partial charge in [0, 0.05) is 30.8 Å². The summed E-state index contributed by atoms with van der Waals surface area (Å²) in [6.45, 7) is 1.98. The van der Waals surface area contributed by atoms with Gasteiger partial charge in [-0.2, -0.15) is 0 Å². The van der Waals surface area contributed by atoms with Crippen molar-refractivity contribution in [1.82, 2.24) is 0 Å². The summed E-state index contributed by atoms with van der Waals surface area (Å²) in [6, 6.07) is 3.65. The molecule has 0 radical (unpaired) electrons. The molecule has 6 nitrogen and oxygen atoms in total. The van der Waals surface area contributed by atoms with Crippen LogP contribution in [0.1, 0.15) is 18.4 Å². The maximum absolute atomic E-state index is 10.4. The van der Waals surface area contributed by atoms with Gasteiger partial charge < -0.3 is 14.4 Å². The molecule has 0 unspecified atom stereocenters. The number of hydrogen-bond donors (Lipinski definition) is 0. The van der Waals surface area contributed by atoms with Gasteiger partial charge in [-0.3, -0.25) is 10.1 Å². The average molecular weight is 278 g/mol. The topological polar surface area (TPSA) is 64.8 Å². The second-order valence-electron chi connectivity index (χ2n) is 4.56. The lowest BCUT2D eigenvalue weighted by atomic mass is 10.1. The first-order valence-electron chi connectivity index (χ1n) is 6.48. The van der Waals surface area contributed by atoms with E-state index in [1.54, 1.807) is 20.3 Å². The molecule has 1 aromatic rings. The van der Waals surface area contributed by atoms with Gasteiger partial charge in [-0.15, -0.1) is 0 Å². The standard InChI is InChI=1S/C14H18N2O4/c1-19-13-10-12(15-6-3-4-7-15)14(20-2)9-11(13)5-8-16(17)18/h5,8-10H,3-4,6-7H2,1-2H3/b8-5-. The van der Waals surface area contributed by atoms with Crippen LogP contribution >= 0.6 is 0 Å². The minimum Gasteiger partial charge on any atom is -0.496 e. The predicted molar refractivity (Wildman–Crippen MR) is 77.0 cm³/mol. The van der Waals surface area contributed by atoms with Crippen LogP contribution in [0.25, 0.3) is 6.08 Å². The highest BCUT2D eigenvalue weighted by molar-refractivity contribution is 5.70. The minimum absolute atomic E-state index is 0.500. The summed E-state index contributed by atoms with van der Waals surface area (Å²) in [7, 11) is 3.15. The van der Waals surface area contributed by atoms with E-state index >= 15 is 0 Å². The average Bonchev–Trinajstić information content (AvgIpc) is 2.98. The van der Waals surface area contributed by atoms with E-state index in [0.717, 1.165) is 37.8 Å². The first kappa shape index (κ1) is 14.2. The summed E-state index contributed by atoms with van der Waals surface area (Å²) in [5.74, 6) is 1.31. The number of ether oxygens (including phenoxy) is 2. The zero-order chi connectivity index (χ0) is 14.5. The van der Waals surface area contributed by atoms with Crippen LogP contribution in [0.2, 0.25) is 0 Å². The van der Waals surface area contributed by atoms with Crippen molar-refractivity contribution in [2.75, 3.05) is 32.2 Å². The van der Waals surface area contributed by atoms with Crippen LogP contribution < -0.4 is 14.4 Å². The highest BCUT2D eigenvalue weighted by atomic mass is 16.6. The number of hydrogen-bond acceptors (Lipinski definition) is 5. The lowest BCUT2D eigenvalue weighted by Gasteiger charge is -2.22. The second-order valence-corrected chi connectivity index (χ2v) is 4.56. The normalized spacial score (nSPS) is 14.8. The molecule has 20 heavy (non-hydrogen) atoms. The maximum atomic E-state index is 10.4. The van der Waals surface area contributed by atoms with Crippen molar-refractivity contribution in [3.8, 4) is 11.5 Å². The Balaban J connectivity index is 2.41. The van der Waals surface area contributed by atoms with E-state index in [1.165, 1.54) is 6.08 Å². The summed E-state index contributed by atoms with van der Waals surface area (Å²) in [5, 5.41) is 10.4. The fourth-order valence-corrected chi connectivity index (χ4v) is 2.38. The summed E-state index contributed by atoms with van der Waals surface area (Å²) < 4.78 is 10.7. The molecule has 0 N–H and O–H groups in total. The Bertz CT molecular complexity index is 522. The number of nitrogens with zero attached hydrogens (tertiary/aromatic N) is 2. The van der Waals surface area contributed by atoms with Crippen LogP contribution in [0.3, 0.4) is 0 Å². The van der Waals surface area contributed by atoms with Crippen LogP contribution in [0.5, 0.6) is 11.5 Å². The minimum atomic E-state index is -0.500. The van der Waals surface area contributed by atoms with Gasteiger partial charge in [-0.25, -0.2) is 0 Å². The fourth-order valence-electron chi connectivity index (χ4n) is 2.38. The molecule has 1 aromatic carbocycles. The number of benzene rings is 1. The molecule has 1 aliphatic rings. The molecule has 6 heteroatoms. The lowest BCUT2D eigenvalue weighted by molar-refractivity contribution is -0.400. The van der Waals surface area contributed by atoms with Gasteiger partial charge in [0.15, 0.2) is 0 Å². The quantitative estimate of drug-likeness (QED) is 0.611. The van der Waals surface area contributed by atoms with E-state index in [9.17, 15) is 10.1 Å². The van der Waals surface area contributed by atoms with Gasteiger partial charge in [0.1, 0.15) is 11.5 Å². The van der Waals surface area contributed by atoms with E-state index in [1.807, 2.05) is 6.07 Å². The van der Waals surface area contributed by atoms with Crippen LogP contribution in [0.15, 0.2) is 18.3 Å². The Hall–Kier alpha value is -2.24. The first-order valence-corrected chi connectivity index (χ1v) is 6.48. The zero-order valence-corrected chi connectivity index (χ0v) is 11.7. The highest BCUT2D eigenvalue weighted by Crippen LogP contribution is 2.37. The molecule has 1 aliphatic heterocycles.